The Kier molecular flexibility index (Phi) is 18.3. The van der Waals surface area contributed by atoms with Gasteiger partial charge in [0, 0.05) is 105 Å². The highest BCUT2D eigenvalue weighted by molar-refractivity contribution is 6.26. The third-order valence-corrected chi connectivity index (χ3v) is 15.4. The number of carbonyl (C=O) groups is 5. The molecule has 0 saturated heterocycles. The summed E-state index contributed by atoms with van der Waals surface area (Å²) in [6, 6.07) is 19.9. The maximum atomic E-state index is 15.2. The lowest BCUT2D eigenvalue weighted by Crippen LogP contribution is -2.36. The average molecular weight is 1160 g/mol. The molecule has 1 aliphatic carbocycles. The molecule has 0 fully saturated rings. The fourth-order valence-electron chi connectivity index (χ4n) is 10.8. The Balaban J connectivity index is 1.15. The molecule has 10 N–H and O–H groups in total. The van der Waals surface area contributed by atoms with Gasteiger partial charge in [-0.3, -0.25) is 9.59 Å². The van der Waals surface area contributed by atoms with Gasteiger partial charge in [-0.05, 0) is 73.7 Å². The molecule has 8 bridgehead atoms. The van der Waals surface area contributed by atoms with E-state index in [1.807, 2.05) is 130 Å². The van der Waals surface area contributed by atoms with Crippen molar-refractivity contribution in [2.75, 3.05) is 26.2 Å². The number of rotatable bonds is 22. The van der Waals surface area contributed by atoms with Gasteiger partial charge in [0.1, 0.15) is 32.3 Å². The van der Waals surface area contributed by atoms with Crippen molar-refractivity contribution in [3.8, 4) is 0 Å². The van der Waals surface area contributed by atoms with Gasteiger partial charge in [-0.25, -0.2) is 42.6 Å². The molecule has 1 atom stereocenters. The fourth-order valence-corrected chi connectivity index (χ4v) is 10.8. The number of nitrogens with zero attached hydrogens (tertiary/aromatic N) is 6. The van der Waals surface area contributed by atoms with Crippen LogP contribution in [-0.2, 0) is 85.9 Å². The second kappa shape index (κ2) is 26.5. The summed E-state index contributed by atoms with van der Waals surface area (Å²) in [6.45, 7) is 11.3. The Morgan fingerprint density at radius 3 is 1.55 bits per heavy atom. The molecule has 9 heterocycles. The van der Waals surface area contributed by atoms with E-state index in [1.165, 1.54) is 6.08 Å². The van der Waals surface area contributed by atoms with E-state index in [0.29, 0.717) is 120 Å². The van der Waals surface area contributed by atoms with Crippen LogP contribution in [0.25, 0.3) is 44.4 Å². The number of fused-ring (bicyclic) bond motifs is 8. The average Bonchev–Trinajstić information content (AvgIpc) is 1.63. The third kappa shape index (κ3) is 12.7. The van der Waals surface area contributed by atoms with Gasteiger partial charge >= 0.3 is 23.9 Å². The van der Waals surface area contributed by atoms with E-state index >= 15 is 4.79 Å². The maximum absolute atomic E-state index is 15.2. The van der Waals surface area contributed by atoms with Crippen molar-refractivity contribution in [1.82, 2.24) is 19.9 Å². The number of pyridine rings is 4. The lowest BCUT2D eigenvalue weighted by Gasteiger charge is -2.13. The third-order valence-electron chi connectivity index (χ3n) is 15.4. The number of nitrogens with two attached hydrogens (primary N) is 4. The monoisotopic (exact) mass is 1160 g/mol. The van der Waals surface area contributed by atoms with Crippen LogP contribution in [0, 0.1) is 13.8 Å². The number of esters is 4. The minimum absolute atomic E-state index is 0.0164. The van der Waals surface area contributed by atoms with Gasteiger partial charge < -0.3 is 51.9 Å². The summed E-state index contributed by atoms with van der Waals surface area (Å²) in [4.78, 5) is 90.4. The molecule has 0 aromatic carbocycles. The zero-order chi connectivity index (χ0) is 60.6. The molecule has 7 aromatic rings. The first-order valence-corrected chi connectivity index (χ1v) is 28.6. The number of H-pyrrole nitrogens is 2. The molecule has 10 rings (SSSR count). The van der Waals surface area contributed by atoms with Gasteiger partial charge in [-0.15, -0.1) is 0 Å². The number of Topliss-reactive ketones (excluding diaryl/α,β-unsaturated/α-hetero) is 1. The smallest absolute Gasteiger partial charge is 0.341 e. The van der Waals surface area contributed by atoms with Gasteiger partial charge in [0.25, 0.3) is 0 Å². The quantitative estimate of drug-likeness (QED) is 0.0178. The second-order valence-corrected chi connectivity index (χ2v) is 21.1. The Bertz CT molecular complexity index is 4050. The van der Waals surface area contributed by atoms with Crippen LogP contribution in [0.1, 0.15) is 109 Å². The van der Waals surface area contributed by atoms with Crippen LogP contribution >= 0.6 is 0 Å². The van der Waals surface area contributed by atoms with Crippen LogP contribution in [0.4, 0.5) is 0 Å². The van der Waals surface area contributed by atoms with Crippen LogP contribution in [0.15, 0.2) is 128 Å². The number of nitrogens with one attached hydrogen (secondary N) is 2. The Morgan fingerprint density at radius 2 is 1.03 bits per heavy atom. The highest BCUT2D eigenvalue weighted by Crippen LogP contribution is 2.45. The van der Waals surface area contributed by atoms with Crippen molar-refractivity contribution in [3.05, 3.63) is 201 Å². The second-order valence-electron chi connectivity index (χ2n) is 21.1. The first kappa shape index (κ1) is 59.5. The molecule has 0 amide bonds. The summed E-state index contributed by atoms with van der Waals surface area (Å²) in [7, 11) is 0. The minimum atomic E-state index is -1.51. The zero-order valence-electron chi connectivity index (χ0n) is 48.6. The molecule has 0 spiro atoms. The normalized spacial score (nSPS) is 13.7. The van der Waals surface area contributed by atoms with E-state index in [-0.39, 0.29) is 65.6 Å². The molecule has 0 saturated carbocycles. The highest BCUT2D eigenvalue weighted by Gasteiger charge is 2.44. The number of aromatic amines is 2. The molecule has 21 heteroatoms. The van der Waals surface area contributed by atoms with Crippen LogP contribution in [-0.4, -0.2) is 75.8 Å². The van der Waals surface area contributed by atoms with Crippen molar-refractivity contribution in [2.24, 2.45) is 22.9 Å². The lowest BCUT2D eigenvalue weighted by atomic mass is 9.94. The first-order valence-electron chi connectivity index (χ1n) is 28.6. The molecule has 0 radical (unpaired) electrons. The van der Waals surface area contributed by atoms with E-state index in [2.05, 4.69) is 9.97 Å². The van der Waals surface area contributed by atoms with E-state index in [0.717, 1.165) is 16.7 Å². The predicted octanol–water partition coefficient (Wildman–Crippen LogP) is 4.59. The number of ketones is 1. The summed E-state index contributed by atoms with van der Waals surface area (Å²) < 4.78 is 31.6. The van der Waals surface area contributed by atoms with Crippen molar-refractivity contribution in [2.45, 2.75) is 92.6 Å². The lowest BCUT2D eigenvalue weighted by molar-refractivity contribution is -0.694. The summed E-state index contributed by atoms with van der Waals surface area (Å²) in [6.07, 6.45) is 18.0. The summed E-state index contributed by atoms with van der Waals surface area (Å²) in [5, 5.41) is 0. The molecule has 1 unspecified atom stereocenters. The SMILES string of the molecule is CCC1=C(C(=O)OCc2cc[n+](CCN)cc2)c2cc3[nH]c(cc4nc(c5c6[nH]c(cc1n2)c(C)c6C(=O)C5C(=O)OCc1cc[n+](CCN)cc1)C(/C=C/C(=O)OCc1cc[n+](CCN)cc1)=C4C)c(C)c3C(=O)OCc1cc[n+](CCN)cc1. The minimum Gasteiger partial charge on any atom is -0.460 e. The number of aromatic nitrogens is 8. The first-order chi connectivity index (χ1) is 41.7. The van der Waals surface area contributed by atoms with Gasteiger partial charge in [0.15, 0.2) is 81.5 Å². The van der Waals surface area contributed by atoms with Gasteiger partial charge in [-0.2, -0.15) is 0 Å². The van der Waals surface area contributed by atoms with Crippen LogP contribution in [0.3, 0.4) is 0 Å². The molecular formula is C65H70N12O9+4. The van der Waals surface area contributed by atoms with Crippen molar-refractivity contribution in [1.29, 1.82) is 0 Å². The number of hydrogen-bond acceptors (Lipinski definition) is 15. The maximum Gasteiger partial charge on any atom is 0.341 e. The van der Waals surface area contributed by atoms with Crippen LogP contribution in [0.2, 0.25) is 0 Å². The van der Waals surface area contributed by atoms with Gasteiger partial charge in [0.2, 0.25) is 0 Å². The van der Waals surface area contributed by atoms with Gasteiger partial charge in [0.05, 0.1) is 71.1 Å². The predicted molar refractivity (Wildman–Crippen MR) is 318 cm³/mol. The van der Waals surface area contributed by atoms with Crippen molar-refractivity contribution in [3.63, 3.8) is 0 Å². The van der Waals surface area contributed by atoms with Crippen molar-refractivity contribution < 1.29 is 61.2 Å². The van der Waals surface area contributed by atoms with Crippen molar-refractivity contribution >= 4 is 74.0 Å². The van der Waals surface area contributed by atoms with Crippen LogP contribution in [0.5, 0.6) is 0 Å². The Morgan fingerprint density at radius 1 is 0.570 bits per heavy atom. The van der Waals surface area contributed by atoms with E-state index in [9.17, 15) is 19.2 Å². The topological polar surface area (TPSA) is 299 Å². The number of allylic oxidation sites excluding steroid dienone is 4. The molecule has 86 heavy (non-hydrogen) atoms. The zero-order valence-corrected chi connectivity index (χ0v) is 48.6. The summed E-state index contributed by atoms with van der Waals surface area (Å²) in [5.74, 6) is -4.83. The standard InChI is InChI=1S/C65H69N12O9/c1-5-46-51-33-50-41(4)56-61(73-50)58(59(62(56)79)65(82)86-38-45-14-26-77(27-15-45)31-19-69)60-47(6-7-54(78)83-35-42-8-20-74(21-9-42)28-16-66)39(2)48(72-60)32-49-40(3)55(63(80)84-36-43-10-22-75(23-11-43)29-17-67)52(70-49)34-53(71-51)57(46)64(81)85-37-44-12-24-76(25-13-44)30-18-68/h6-15,20-27,32-34,59H,5,16-19,28-31,35-38,66-69H2,1-4H3,(H-,70,71,72,73,78,79,80,81)/q+3/p+1. The molecule has 440 valence electrons. The highest BCUT2D eigenvalue weighted by atomic mass is 16.5. The number of carbonyl (C=O) groups excluding carboxylic acids is 5. The van der Waals surface area contributed by atoms with E-state index in [4.69, 9.17) is 51.9 Å². The number of ether oxygens (including phenoxy) is 4. The number of hydrogen-bond donors (Lipinski definition) is 6. The molecule has 7 aromatic heterocycles. The fraction of sp³-hybridized carbons (Fsp3) is 0.277. The molecule has 21 nitrogen and oxygen atoms in total. The molecule has 2 aliphatic heterocycles. The van der Waals surface area contributed by atoms with E-state index in [1.54, 1.807) is 38.1 Å². The Labute approximate surface area is 496 Å². The summed E-state index contributed by atoms with van der Waals surface area (Å²) >= 11 is 0. The number of aryl methyl sites for hydroxylation is 2. The van der Waals surface area contributed by atoms with E-state index < -0.39 is 35.6 Å². The summed E-state index contributed by atoms with van der Waals surface area (Å²) in [5.41, 5.74) is 31.9. The largest absolute Gasteiger partial charge is 0.460 e. The molecule has 3 aliphatic rings. The molecular weight excluding hydrogens is 1090 g/mol. The van der Waals surface area contributed by atoms with Gasteiger partial charge in [-0.1, -0.05) is 6.92 Å². The Hall–Kier alpha value is -9.67. The van der Waals surface area contributed by atoms with Crippen LogP contribution < -0.4 is 41.2 Å².